The van der Waals surface area contributed by atoms with Crippen LogP contribution < -0.4 is 10.9 Å². The van der Waals surface area contributed by atoms with Crippen molar-refractivity contribution < 1.29 is 5.11 Å². The maximum atomic E-state index is 11.8. The minimum absolute atomic E-state index is 0.133. The molecule has 2 rings (SSSR count). The highest BCUT2D eigenvalue weighted by Crippen LogP contribution is 2.05. The van der Waals surface area contributed by atoms with Crippen molar-refractivity contribution in [2.45, 2.75) is 26.5 Å². The Hall–Kier alpha value is -1.72. The molecule has 1 atom stereocenters. The molecule has 0 aliphatic heterocycles. The van der Waals surface area contributed by atoms with E-state index in [0.717, 1.165) is 0 Å². The Balaban J connectivity index is 2.08. The molecule has 1 aromatic heterocycles. The highest BCUT2D eigenvalue weighted by Gasteiger charge is 2.09. The molecule has 0 saturated carbocycles. The Bertz CT molecular complexity index is 607. The van der Waals surface area contributed by atoms with Gasteiger partial charge in [-0.2, -0.15) is 0 Å². The number of rotatable bonds is 5. The molecule has 2 aromatic rings. The van der Waals surface area contributed by atoms with E-state index in [2.05, 4.69) is 15.3 Å². The predicted molar refractivity (Wildman–Crippen MR) is 74.9 cm³/mol. The molecule has 1 unspecified atom stereocenters. The average Bonchev–Trinajstić information content (AvgIpc) is 2.38. The minimum Gasteiger partial charge on any atom is -0.392 e. The lowest BCUT2D eigenvalue weighted by Crippen LogP contribution is -2.31. The van der Waals surface area contributed by atoms with E-state index in [4.69, 9.17) is 0 Å². The SMILES string of the molecule is CC(C)C(O)CNCc1nc2ccccc2c(=O)[nH]1. The maximum Gasteiger partial charge on any atom is 0.258 e. The molecule has 19 heavy (non-hydrogen) atoms. The topological polar surface area (TPSA) is 78.0 Å². The number of para-hydroxylation sites is 1. The van der Waals surface area contributed by atoms with Gasteiger partial charge >= 0.3 is 0 Å². The van der Waals surface area contributed by atoms with Crippen molar-refractivity contribution in [3.63, 3.8) is 0 Å². The Morgan fingerprint density at radius 3 is 2.84 bits per heavy atom. The molecule has 0 saturated heterocycles. The molecule has 0 spiro atoms. The van der Waals surface area contributed by atoms with Crippen LogP contribution in [-0.4, -0.2) is 27.7 Å². The third-order valence-corrected chi connectivity index (χ3v) is 3.08. The lowest BCUT2D eigenvalue weighted by molar-refractivity contribution is 0.123. The number of benzene rings is 1. The second-order valence-corrected chi connectivity index (χ2v) is 4.97. The van der Waals surface area contributed by atoms with Gasteiger partial charge in [-0.25, -0.2) is 4.98 Å². The fraction of sp³-hybridized carbons (Fsp3) is 0.429. The van der Waals surface area contributed by atoms with Gasteiger partial charge in [0.25, 0.3) is 5.56 Å². The Kier molecular flexibility index (Phi) is 4.29. The van der Waals surface area contributed by atoms with E-state index in [1.165, 1.54) is 0 Å². The number of hydrogen-bond donors (Lipinski definition) is 3. The van der Waals surface area contributed by atoms with Gasteiger partial charge < -0.3 is 15.4 Å². The number of aliphatic hydroxyl groups excluding tert-OH is 1. The summed E-state index contributed by atoms with van der Waals surface area (Å²) in [6.45, 7) is 4.84. The van der Waals surface area contributed by atoms with Crippen LogP contribution in [0.5, 0.6) is 0 Å². The van der Waals surface area contributed by atoms with Crippen LogP contribution in [0.25, 0.3) is 10.9 Å². The van der Waals surface area contributed by atoms with E-state index >= 15 is 0 Å². The van der Waals surface area contributed by atoms with Gasteiger partial charge in [-0.1, -0.05) is 26.0 Å². The molecular formula is C14H19N3O2. The summed E-state index contributed by atoms with van der Waals surface area (Å²) in [7, 11) is 0. The van der Waals surface area contributed by atoms with E-state index in [1.54, 1.807) is 6.07 Å². The highest BCUT2D eigenvalue weighted by atomic mass is 16.3. The minimum atomic E-state index is -0.396. The molecular weight excluding hydrogens is 242 g/mol. The summed E-state index contributed by atoms with van der Waals surface area (Å²) in [5.41, 5.74) is 0.555. The molecule has 1 heterocycles. The van der Waals surface area contributed by atoms with Crippen LogP contribution in [0.3, 0.4) is 0 Å². The van der Waals surface area contributed by atoms with Gasteiger partial charge in [0.15, 0.2) is 0 Å². The van der Waals surface area contributed by atoms with E-state index in [9.17, 15) is 9.90 Å². The van der Waals surface area contributed by atoms with E-state index in [0.29, 0.717) is 29.8 Å². The van der Waals surface area contributed by atoms with E-state index < -0.39 is 6.10 Å². The number of aliphatic hydroxyl groups is 1. The maximum absolute atomic E-state index is 11.8. The molecule has 0 aliphatic carbocycles. The molecule has 5 heteroatoms. The largest absolute Gasteiger partial charge is 0.392 e. The van der Waals surface area contributed by atoms with Crippen LogP contribution in [0, 0.1) is 5.92 Å². The van der Waals surface area contributed by atoms with Crippen LogP contribution >= 0.6 is 0 Å². The molecule has 102 valence electrons. The molecule has 1 aromatic carbocycles. The zero-order chi connectivity index (χ0) is 13.8. The van der Waals surface area contributed by atoms with Gasteiger partial charge in [0.1, 0.15) is 5.82 Å². The van der Waals surface area contributed by atoms with Gasteiger partial charge in [-0.3, -0.25) is 4.79 Å². The first-order chi connectivity index (χ1) is 9.08. The van der Waals surface area contributed by atoms with Gasteiger partial charge in [0.2, 0.25) is 0 Å². The number of aromatic nitrogens is 2. The molecule has 0 fully saturated rings. The number of H-pyrrole nitrogens is 1. The molecule has 0 radical (unpaired) electrons. The zero-order valence-electron chi connectivity index (χ0n) is 11.2. The average molecular weight is 261 g/mol. The third-order valence-electron chi connectivity index (χ3n) is 3.08. The lowest BCUT2D eigenvalue weighted by atomic mass is 10.1. The van der Waals surface area contributed by atoms with Gasteiger partial charge in [0.05, 0.1) is 23.6 Å². The number of nitrogens with zero attached hydrogens (tertiary/aromatic N) is 1. The van der Waals surface area contributed by atoms with Crippen LogP contribution in [0.2, 0.25) is 0 Å². The quantitative estimate of drug-likeness (QED) is 0.751. The van der Waals surface area contributed by atoms with Crippen molar-refractivity contribution in [2.75, 3.05) is 6.54 Å². The first-order valence-corrected chi connectivity index (χ1v) is 6.44. The summed E-state index contributed by atoms with van der Waals surface area (Å²) in [6.07, 6.45) is -0.396. The highest BCUT2D eigenvalue weighted by molar-refractivity contribution is 5.77. The summed E-state index contributed by atoms with van der Waals surface area (Å²) >= 11 is 0. The van der Waals surface area contributed by atoms with Crippen molar-refractivity contribution in [3.8, 4) is 0 Å². The summed E-state index contributed by atoms with van der Waals surface area (Å²) in [5, 5.41) is 13.4. The van der Waals surface area contributed by atoms with Crippen molar-refractivity contribution in [1.29, 1.82) is 0 Å². The number of hydrogen-bond acceptors (Lipinski definition) is 4. The first kappa shape index (κ1) is 13.7. The monoisotopic (exact) mass is 261 g/mol. The Labute approximate surface area is 111 Å². The second kappa shape index (κ2) is 5.95. The number of nitrogens with one attached hydrogen (secondary N) is 2. The predicted octanol–water partition coefficient (Wildman–Crippen LogP) is 1.03. The van der Waals surface area contributed by atoms with Crippen LogP contribution in [0.15, 0.2) is 29.1 Å². The third kappa shape index (κ3) is 3.39. The van der Waals surface area contributed by atoms with Gasteiger partial charge in [0, 0.05) is 6.54 Å². The molecule has 0 aliphatic rings. The van der Waals surface area contributed by atoms with Crippen LogP contribution in [-0.2, 0) is 6.54 Å². The molecule has 0 amide bonds. The standard InChI is InChI=1S/C14H19N3O2/c1-9(2)12(18)7-15-8-13-16-11-6-4-3-5-10(11)14(19)17-13/h3-6,9,12,15,18H,7-8H2,1-2H3,(H,16,17,19). The summed E-state index contributed by atoms with van der Waals surface area (Å²) in [4.78, 5) is 19.0. The lowest BCUT2D eigenvalue weighted by Gasteiger charge is -2.14. The van der Waals surface area contributed by atoms with Crippen molar-refractivity contribution in [1.82, 2.24) is 15.3 Å². The fourth-order valence-electron chi connectivity index (χ4n) is 1.79. The van der Waals surface area contributed by atoms with Crippen molar-refractivity contribution in [3.05, 3.63) is 40.4 Å². The van der Waals surface area contributed by atoms with Gasteiger partial charge in [-0.05, 0) is 18.1 Å². The summed E-state index contributed by atoms with van der Waals surface area (Å²) in [6, 6.07) is 7.24. The summed E-state index contributed by atoms with van der Waals surface area (Å²) in [5.74, 6) is 0.788. The zero-order valence-corrected chi connectivity index (χ0v) is 11.2. The second-order valence-electron chi connectivity index (χ2n) is 4.97. The summed E-state index contributed by atoms with van der Waals surface area (Å²) < 4.78 is 0. The van der Waals surface area contributed by atoms with Crippen molar-refractivity contribution in [2.24, 2.45) is 5.92 Å². The fourth-order valence-corrected chi connectivity index (χ4v) is 1.79. The van der Waals surface area contributed by atoms with Gasteiger partial charge in [-0.15, -0.1) is 0 Å². The van der Waals surface area contributed by atoms with E-state index in [-0.39, 0.29) is 11.5 Å². The number of aromatic amines is 1. The molecule has 0 bridgehead atoms. The Morgan fingerprint density at radius 2 is 2.11 bits per heavy atom. The van der Waals surface area contributed by atoms with Crippen LogP contribution in [0.1, 0.15) is 19.7 Å². The van der Waals surface area contributed by atoms with E-state index in [1.807, 2.05) is 32.0 Å². The van der Waals surface area contributed by atoms with Crippen molar-refractivity contribution >= 4 is 10.9 Å². The normalized spacial score (nSPS) is 13.1. The smallest absolute Gasteiger partial charge is 0.258 e. The Morgan fingerprint density at radius 1 is 1.37 bits per heavy atom. The molecule has 5 nitrogen and oxygen atoms in total. The molecule has 3 N–H and O–H groups in total. The number of fused-ring (bicyclic) bond motifs is 1. The first-order valence-electron chi connectivity index (χ1n) is 6.44. The van der Waals surface area contributed by atoms with Crippen LogP contribution in [0.4, 0.5) is 0 Å².